The molecule has 0 radical (unpaired) electrons. The van der Waals surface area contributed by atoms with Crippen LogP contribution in [-0.2, 0) is 0 Å². The molecule has 98 valence electrons. The van der Waals surface area contributed by atoms with E-state index in [-0.39, 0.29) is 5.75 Å². The van der Waals surface area contributed by atoms with Crippen LogP contribution in [0.3, 0.4) is 0 Å². The Bertz CT molecular complexity index is 570. The number of phenolic OH excluding ortho intramolecular Hbond substituents is 1. The lowest BCUT2D eigenvalue weighted by atomic mass is 10.3. The van der Waals surface area contributed by atoms with Crippen LogP contribution in [0.2, 0.25) is 0 Å². The van der Waals surface area contributed by atoms with Gasteiger partial charge < -0.3 is 20.5 Å². The lowest BCUT2D eigenvalue weighted by Crippen LogP contribution is -2.19. The number of hydrogen-bond acceptors (Lipinski definition) is 4. The van der Waals surface area contributed by atoms with Crippen LogP contribution in [-0.4, -0.2) is 23.2 Å². The smallest absolute Gasteiger partial charge is 0.323 e. The van der Waals surface area contributed by atoms with Crippen LogP contribution < -0.4 is 15.4 Å². The van der Waals surface area contributed by atoms with E-state index in [1.807, 2.05) is 0 Å². The fourth-order valence-corrected chi connectivity index (χ4v) is 1.45. The minimum Gasteiger partial charge on any atom is -0.508 e. The zero-order chi connectivity index (χ0) is 13.7. The van der Waals surface area contributed by atoms with E-state index in [1.54, 1.807) is 24.3 Å². The van der Waals surface area contributed by atoms with Gasteiger partial charge in [0.2, 0.25) is 5.88 Å². The number of methoxy groups -OCH3 is 1. The van der Waals surface area contributed by atoms with Crippen molar-refractivity contribution in [3.8, 4) is 11.6 Å². The predicted octanol–water partition coefficient (Wildman–Crippen LogP) is 2.44. The molecule has 3 N–H and O–H groups in total. The van der Waals surface area contributed by atoms with Gasteiger partial charge in [0.25, 0.3) is 0 Å². The first-order chi connectivity index (χ1) is 9.17. The Morgan fingerprint density at radius 2 is 2.00 bits per heavy atom. The number of aromatic nitrogens is 1. The fraction of sp³-hybridized carbons (Fsp3) is 0.0769. The SMILES string of the molecule is COc1ccc(NC(=O)Nc2cccc(O)c2)cn1. The molecular formula is C13H13N3O3. The highest BCUT2D eigenvalue weighted by atomic mass is 16.5. The summed E-state index contributed by atoms with van der Waals surface area (Å²) >= 11 is 0. The summed E-state index contributed by atoms with van der Waals surface area (Å²) in [5, 5.41) is 14.5. The van der Waals surface area contributed by atoms with Gasteiger partial charge in [-0.15, -0.1) is 0 Å². The third-order valence-electron chi connectivity index (χ3n) is 2.31. The summed E-state index contributed by atoms with van der Waals surface area (Å²) in [5.41, 5.74) is 1.04. The van der Waals surface area contributed by atoms with Crippen LogP contribution in [0.15, 0.2) is 42.6 Å². The molecule has 0 bridgehead atoms. The first kappa shape index (κ1) is 12.7. The largest absolute Gasteiger partial charge is 0.508 e. The van der Waals surface area contributed by atoms with E-state index in [4.69, 9.17) is 4.74 Å². The van der Waals surface area contributed by atoms with Gasteiger partial charge in [0, 0.05) is 17.8 Å². The Kier molecular flexibility index (Phi) is 3.82. The molecule has 0 saturated carbocycles. The number of pyridine rings is 1. The van der Waals surface area contributed by atoms with E-state index in [2.05, 4.69) is 15.6 Å². The average molecular weight is 259 g/mol. The number of aromatic hydroxyl groups is 1. The molecule has 1 aromatic heterocycles. The third kappa shape index (κ3) is 3.60. The van der Waals surface area contributed by atoms with Crippen molar-refractivity contribution in [2.45, 2.75) is 0 Å². The number of rotatable bonds is 3. The van der Waals surface area contributed by atoms with Crippen molar-refractivity contribution in [1.29, 1.82) is 0 Å². The fourth-order valence-electron chi connectivity index (χ4n) is 1.45. The highest BCUT2D eigenvalue weighted by molar-refractivity contribution is 5.99. The molecule has 1 heterocycles. The van der Waals surface area contributed by atoms with E-state index < -0.39 is 6.03 Å². The van der Waals surface area contributed by atoms with Crippen molar-refractivity contribution in [2.75, 3.05) is 17.7 Å². The number of nitrogens with one attached hydrogen (secondary N) is 2. The van der Waals surface area contributed by atoms with Crippen LogP contribution in [0.25, 0.3) is 0 Å². The summed E-state index contributed by atoms with van der Waals surface area (Å²) in [6, 6.07) is 9.18. The van der Waals surface area contributed by atoms with Gasteiger partial charge in [-0.1, -0.05) is 6.07 Å². The maximum Gasteiger partial charge on any atom is 0.323 e. The van der Waals surface area contributed by atoms with Gasteiger partial charge >= 0.3 is 6.03 Å². The first-order valence-corrected chi connectivity index (χ1v) is 5.54. The third-order valence-corrected chi connectivity index (χ3v) is 2.31. The Hall–Kier alpha value is -2.76. The van der Waals surface area contributed by atoms with Gasteiger partial charge in [0.15, 0.2) is 0 Å². The van der Waals surface area contributed by atoms with E-state index >= 15 is 0 Å². The molecule has 2 amide bonds. The summed E-state index contributed by atoms with van der Waals surface area (Å²) in [6.07, 6.45) is 1.49. The molecule has 1 aromatic carbocycles. The number of hydrogen-bond donors (Lipinski definition) is 3. The monoisotopic (exact) mass is 259 g/mol. The number of benzene rings is 1. The summed E-state index contributed by atoms with van der Waals surface area (Å²) in [5.74, 6) is 0.558. The second-order valence-corrected chi connectivity index (χ2v) is 3.72. The minimum absolute atomic E-state index is 0.0870. The predicted molar refractivity (Wildman–Crippen MR) is 71.5 cm³/mol. The number of ether oxygens (including phenoxy) is 1. The molecule has 6 nitrogen and oxygen atoms in total. The maximum atomic E-state index is 11.7. The molecule has 0 aliphatic carbocycles. The summed E-state index contributed by atoms with van der Waals surface area (Å²) in [4.78, 5) is 15.7. The minimum atomic E-state index is -0.419. The number of amides is 2. The molecule has 19 heavy (non-hydrogen) atoms. The van der Waals surface area contributed by atoms with Crippen molar-refractivity contribution in [2.24, 2.45) is 0 Å². The second-order valence-electron chi connectivity index (χ2n) is 3.72. The van der Waals surface area contributed by atoms with Gasteiger partial charge in [0.05, 0.1) is 19.0 Å². The molecular weight excluding hydrogens is 246 g/mol. The summed E-state index contributed by atoms with van der Waals surface area (Å²) in [6.45, 7) is 0. The van der Waals surface area contributed by atoms with Gasteiger partial charge in [-0.05, 0) is 18.2 Å². The summed E-state index contributed by atoms with van der Waals surface area (Å²) in [7, 11) is 1.52. The van der Waals surface area contributed by atoms with Gasteiger partial charge in [-0.2, -0.15) is 0 Å². The molecule has 0 fully saturated rings. The Morgan fingerprint density at radius 1 is 1.21 bits per heavy atom. The van der Waals surface area contributed by atoms with Gasteiger partial charge in [-0.3, -0.25) is 0 Å². The Balaban J connectivity index is 1.97. The van der Waals surface area contributed by atoms with Crippen molar-refractivity contribution in [1.82, 2.24) is 4.98 Å². The normalized spacial score (nSPS) is 9.74. The quantitative estimate of drug-likeness (QED) is 0.790. The van der Waals surface area contributed by atoms with E-state index in [0.717, 1.165) is 0 Å². The molecule has 0 aliphatic rings. The van der Waals surface area contributed by atoms with Gasteiger partial charge in [-0.25, -0.2) is 9.78 Å². The van der Waals surface area contributed by atoms with E-state index in [1.165, 1.54) is 25.4 Å². The lowest BCUT2D eigenvalue weighted by Gasteiger charge is -2.08. The number of anilines is 2. The molecule has 2 aromatic rings. The zero-order valence-electron chi connectivity index (χ0n) is 10.3. The van der Waals surface area contributed by atoms with Crippen molar-refractivity contribution >= 4 is 17.4 Å². The maximum absolute atomic E-state index is 11.7. The molecule has 0 atom stereocenters. The first-order valence-electron chi connectivity index (χ1n) is 5.54. The van der Waals surface area contributed by atoms with Crippen LogP contribution in [0.4, 0.5) is 16.2 Å². The van der Waals surface area contributed by atoms with E-state index in [9.17, 15) is 9.90 Å². The molecule has 6 heteroatoms. The molecule has 2 rings (SSSR count). The summed E-state index contributed by atoms with van der Waals surface area (Å²) < 4.78 is 4.92. The van der Waals surface area contributed by atoms with Crippen molar-refractivity contribution in [3.63, 3.8) is 0 Å². The van der Waals surface area contributed by atoms with Crippen molar-refractivity contribution in [3.05, 3.63) is 42.6 Å². The second kappa shape index (κ2) is 5.72. The lowest BCUT2D eigenvalue weighted by molar-refractivity contribution is 0.262. The van der Waals surface area contributed by atoms with Gasteiger partial charge in [0.1, 0.15) is 5.75 Å². The Labute approximate surface area is 110 Å². The van der Waals surface area contributed by atoms with Crippen LogP contribution in [0.1, 0.15) is 0 Å². The number of phenols is 1. The molecule has 0 aliphatic heterocycles. The number of urea groups is 1. The number of nitrogens with zero attached hydrogens (tertiary/aromatic N) is 1. The van der Waals surface area contributed by atoms with Crippen LogP contribution in [0, 0.1) is 0 Å². The highest BCUT2D eigenvalue weighted by Gasteiger charge is 2.03. The molecule has 0 saturated heterocycles. The molecule has 0 spiro atoms. The molecule has 0 unspecified atom stereocenters. The van der Waals surface area contributed by atoms with Crippen LogP contribution >= 0.6 is 0 Å². The van der Waals surface area contributed by atoms with Crippen molar-refractivity contribution < 1.29 is 14.6 Å². The topological polar surface area (TPSA) is 83.5 Å². The highest BCUT2D eigenvalue weighted by Crippen LogP contribution is 2.16. The standard InChI is InChI=1S/C13H13N3O3/c1-19-12-6-5-10(8-14-12)16-13(18)15-9-3-2-4-11(17)7-9/h2-8,17H,1H3,(H2,15,16,18). The van der Waals surface area contributed by atoms with Crippen LogP contribution in [0.5, 0.6) is 11.6 Å². The number of carbonyl (C=O) groups is 1. The Morgan fingerprint density at radius 3 is 2.63 bits per heavy atom. The van der Waals surface area contributed by atoms with E-state index in [0.29, 0.717) is 17.3 Å². The zero-order valence-corrected chi connectivity index (χ0v) is 10.3. The average Bonchev–Trinajstić information content (AvgIpc) is 2.39. The number of carbonyl (C=O) groups excluding carboxylic acids is 1.